The van der Waals surface area contributed by atoms with Gasteiger partial charge < -0.3 is 20.6 Å². The van der Waals surface area contributed by atoms with Crippen molar-refractivity contribution in [3.8, 4) is 0 Å². The number of amides is 2. The number of carbonyl (C=O) groups is 1. The van der Waals surface area contributed by atoms with Crippen molar-refractivity contribution in [2.75, 3.05) is 29.9 Å². The molecule has 1 saturated heterocycles. The number of aliphatic hydroxyl groups excluding tert-OH is 1. The minimum absolute atomic E-state index is 0.0321. The van der Waals surface area contributed by atoms with Gasteiger partial charge >= 0.3 is 6.03 Å². The second kappa shape index (κ2) is 7.43. The molecule has 5 heteroatoms. The number of hydrogen-bond acceptors (Lipinski definition) is 3. The molecule has 2 atom stereocenters. The van der Waals surface area contributed by atoms with Gasteiger partial charge in [-0.1, -0.05) is 25.5 Å². The first kappa shape index (κ1) is 17.1. The van der Waals surface area contributed by atoms with Crippen LogP contribution in [-0.4, -0.2) is 36.9 Å². The number of hydrogen-bond donors (Lipinski definition) is 3. The van der Waals surface area contributed by atoms with Crippen LogP contribution < -0.4 is 15.5 Å². The van der Waals surface area contributed by atoms with Gasteiger partial charge in [0.2, 0.25) is 0 Å². The van der Waals surface area contributed by atoms with Gasteiger partial charge in [0.25, 0.3) is 0 Å². The highest BCUT2D eigenvalue weighted by atomic mass is 16.3. The zero-order chi connectivity index (χ0) is 17.0. The lowest BCUT2D eigenvalue weighted by molar-refractivity contribution is 0.122. The second-order valence-electron chi connectivity index (χ2n) is 7.42. The Morgan fingerprint density at radius 3 is 2.75 bits per heavy atom. The van der Waals surface area contributed by atoms with Crippen molar-refractivity contribution in [1.82, 2.24) is 5.32 Å². The monoisotopic (exact) mass is 331 g/mol. The number of benzene rings is 1. The first-order chi connectivity index (χ1) is 11.6. The van der Waals surface area contributed by atoms with Crippen LogP contribution in [0.25, 0.3) is 0 Å². The van der Waals surface area contributed by atoms with Gasteiger partial charge in [-0.3, -0.25) is 0 Å². The van der Waals surface area contributed by atoms with E-state index in [0.29, 0.717) is 0 Å². The van der Waals surface area contributed by atoms with E-state index in [1.165, 1.54) is 19.3 Å². The highest BCUT2D eigenvalue weighted by molar-refractivity contribution is 5.93. The summed E-state index contributed by atoms with van der Waals surface area (Å²) in [4.78, 5) is 14.8. The molecular formula is C19H29N3O2. The number of carbonyl (C=O) groups excluding carboxylic acids is 1. The number of piperidine rings is 1. The summed E-state index contributed by atoms with van der Waals surface area (Å²) in [5.74, 6) is 0. The van der Waals surface area contributed by atoms with Crippen molar-refractivity contribution in [3.63, 3.8) is 0 Å². The minimum Gasteiger partial charge on any atom is -0.396 e. The number of rotatable bonds is 4. The van der Waals surface area contributed by atoms with E-state index in [-0.39, 0.29) is 24.1 Å². The Kier molecular flexibility index (Phi) is 5.29. The van der Waals surface area contributed by atoms with E-state index in [1.807, 2.05) is 25.1 Å². The van der Waals surface area contributed by atoms with E-state index >= 15 is 0 Å². The summed E-state index contributed by atoms with van der Waals surface area (Å²) >= 11 is 0. The molecule has 1 aliphatic carbocycles. The van der Waals surface area contributed by atoms with Gasteiger partial charge in [0.05, 0.1) is 18.0 Å². The fourth-order valence-electron chi connectivity index (χ4n) is 3.97. The molecule has 2 fully saturated rings. The van der Waals surface area contributed by atoms with E-state index in [1.54, 1.807) is 0 Å². The highest BCUT2D eigenvalue weighted by Gasteiger charge is 2.39. The van der Waals surface area contributed by atoms with Crippen molar-refractivity contribution in [2.45, 2.75) is 51.5 Å². The van der Waals surface area contributed by atoms with E-state index in [2.05, 4.69) is 21.6 Å². The predicted molar refractivity (Wildman–Crippen MR) is 97.5 cm³/mol. The average molecular weight is 331 g/mol. The van der Waals surface area contributed by atoms with Crippen molar-refractivity contribution in [2.24, 2.45) is 5.41 Å². The topological polar surface area (TPSA) is 64.6 Å². The number of nitrogens with zero attached hydrogens (tertiary/aromatic N) is 1. The predicted octanol–water partition coefficient (Wildman–Crippen LogP) is 3.35. The van der Waals surface area contributed by atoms with Crippen LogP contribution in [0.3, 0.4) is 0 Å². The molecule has 5 nitrogen and oxygen atoms in total. The molecule has 0 aromatic heterocycles. The van der Waals surface area contributed by atoms with Crippen molar-refractivity contribution in [3.05, 3.63) is 24.3 Å². The van der Waals surface area contributed by atoms with Crippen molar-refractivity contribution >= 4 is 17.4 Å². The fourth-order valence-corrected chi connectivity index (χ4v) is 3.97. The molecule has 3 rings (SSSR count). The van der Waals surface area contributed by atoms with Crippen LogP contribution in [0.15, 0.2) is 24.3 Å². The molecule has 2 amide bonds. The molecule has 132 valence electrons. The van der Waals surface area contributed by atoms with Crippen LogP contribution in [0.4, 0.5) is 16.2 Å². The lowest BCUT2D eigenvalue weighted by Crippen LogP contribution is -2.46. The van der Waals surface area contributed by atoms with Gasteiger partial charge in [-0.25, -0.2) is 4.79 Å². The van der Waals surface area contributed by atoms with Crippen molar-refractivity contribution < 1.29 is 9.90 Å². The normalized spacial score (nSPS) is 27.1. The van der Waals surface area contributed by atoms with E-state index in [9.17, 15) is 9.90 Å². The molecule has 0 spiro atoms. The van der Waals surface area contributed by atoms with Gasteiger partial charge in [-0.15, -0.1) is 0 Å². The largest absolute Gasteiger partial charge is 0.396 e. The zero-order valence-corrected chi connectivity index (χ0v) is 14.6. The quantitative estimate of drug-likeness (QED) is 0.793. The Balaban J connectivity index is 1.66. The summed E-state index contributed by atoms with van der Waals surface area (Å²) in [6.45, 7) is 4.26. The van der Waals surface area contributed by atoms with Gasteiger partial charge in [0, 0.05) is 24.5 Å². The maximum absolute atomic E-state index is 12.5. The maximum atomic E-state index is 12.5. The molecule has 1 heterocycles. The van der Waals surface area contributed by atoms with Crippen LogP contribution in [0.5, 0.6) is 0 Å². The van der Waals surface area contributed by atoms with E-state index < -0.39 is 0 Å². The molecule has 2 aliphatic rings. The molecule has 0 bridgehead atoms. The molecule has 1 aliphatic heterocycles. The number of para-hydroxylation sites is 2. The minimum atomic E-state index is -0.205. The number of nitrogens with one attached hydrogen (secondary N) is 2. The van der Waals surface area contributed by atoms with Gasteiger partial charge in [-0.05, 0) is 44.2 Å². The SMILES string of the molecule is CC1(CO)CCCC1NC(=O)Nc1ccccc1N1CCCCC1. The summed E-state index contributed by atoms with van der Waals surface area (Å²) in [7, 11) is 0. The summed E-state index contributed by atoms with van der Waals surface area (Å²) in [6.07, 6.45) is 6.63. The molecule has 3 N–H and O–H groups in total. The Bertz CT molecular complexity index is 571. The molecular weight excluding hydrogens is 302 g/mol. The lowest BCUT2D eigenvalue weighted by atomic mass is 9.86. The molecule has 0 radical (unpaired) electrons. The summed E-state index contributed by atoms with van der Waals surface area (Å²) in [5.41, 5.74) is 1.76. The number of aliphatic hydroxyl groups is 1. The number of anilines is 2. The molecule has 1 aromatic carbocycles. The van der Waals surface area contributed by atoms with E-state index in [4.69, 9.17) is 0 Å². The smallest absolute Gasteiger partial charge is 0.319 e. The standard InChI is InChI=1S/C19H29N3O2/c1-19(14-23)11-7-10-17(19)21-18(24)20-15-8-3-4-9-16(15)22-12-5-2-6-13-22/h3-4,8-9,17,23H,2,5-7,10-14H2,1H3,(H2,20,21,24). The number of urea groups is 1. The first-order valence-corrected chi connectivity index (χ1v) is 9.15. The zero-order valence-electron chi connectivity index (χ0n) is 14.6. The molecule has 2 unspecified atom stereocenters. The maximum Gasteiger partial charge on any atom is 0.319 e. The second-order valence-corrected chi connectivity index (χ2v) is 7.42. The Morgan fingerprint density at radius 2 is 2.00 bits per heavy atom. The lowest BCUT2D eigenvalue weighted by Gasteiger charge is -2.32. The van der Waals surface area contributed by atoms with Gasteiger partial charge in [0.15, 0.2) is 0 Å². The summed E-state index contributed by atoms with van der Waals surface area (Å²) < 4.78 is 0. The van der Waals surface area contributed by atoms with Gasteiger partial charge in [0.1, 0.15) is 0 Å². The molecule has 24 heavy (non-hydrogen) atoms. The summed E-state index contributed by atoms with van der Waals surface area (Å²) in [6, 6.07) is 7.87. The van der Waals surface area contributed by atoms with Crippen molar-refractivity contribution in [1.29, 1.82) is 0 Å². The first-order valence-electron chi connectivity index (χ1n) is 9.15. The third kappa shape index (κ3) is 3.66. The highest BCUT2D eigenvalue weighted by Crippen LogP contribution is 2.37. The fraction of sp³-hybridized carbons (Fsp3) is 0.632. The average Bonchev–Trinajstić information content (AvgIpc) is 2.97. The Labute approximate surface area is 144 Å². The van der Waals surface area contributed by atoms with Crippen LogP contribution in [0.2, 0.25) is 0 Å². The summed E-state index contributed by atoms with van der Waals surface area (Å²) in [5, 5.41) is 15.7. The van der Waals surface area contributed by atoms with Crippen LogP contribution in [0, 0.1) is 5.41 Å². The Hall–Kier alpha value is -1.75. The third-order valence-electron chi connectivity index (χ3n) is 5.60. The van der Waals surface area contributed by atoms with Crippen LogP contribution in [-0.2, 0) is 0 Å². The molecule has 1 aromatic rings. The van der Waals surface area contributed by atoms with Gasteiger partial charge in [-0.2, -0.15) is 0 Å². The van der Waals surface area contributed by atoms with Crippen LogP contribution >= 0.6 is 0 Å². The van der Waals surface area contributed by atoms with E-state index in [0.717, 1.165) is 43.7 Å². The Morgan fingerprint density at radius 1 is 1.25 bits per heavy atom. The third-order valence-corrected chi connectivity index (χ3v) is 5.60. The van der Waals surface area contributed by atoms with Crippen LogP contribution in [0.1, 0.15) is 45.4 Å². The molecule has 1 saturated carbocycles.